The molecule has 2 N–H and O–H groups in total. The second-order valence-electron chi connectivity index (χ2n) is 4.37. The Morgan fingerprint density at radius 2 is 2.12 bits per heavy atom. The van der Waals surface area contributed by atoms with E-state index < -0.39 is 0 Å². The van der Waals surface area contributed by atoms with Gasteiger partial charge in [-0.1, -0.05) is 0 Å². The van der Waals surface area contributed by atoms with Crippen molar-refractivity contribution in [3.63, 3.8) is 0 Å². The summed E-state index contributed by atoms with van der Waals surface area (Å²) in [5.41, 5.74) is 10.5. The van der Waals surface area contributed by atoms with E-state index in [0.717, 1.165) is 41.5 Å². The Kier molecular flexibility index (Phi) is 1.90. The number of aryl methyl sites for hydroxylation is 2. The summed E-state index contributed by atoms with van der Waals surface area (Å²) in [5.74, 6) is -0.211. The Hall–Kier alpha value is -1.64. The number of fused-ring (bicyclic) bond motifs is 2. The van der Waals surface area contributed by atoms with Gasteiger partial charge in [-0.3, -0.25) is 4.98 Å². The zero-order valence-corrected chi connectivity index (χ0v) is 9.18. The van der Waals surface area contributed by atoms with Crippen molar-refractivity contribution in [3.05, 3.63) is 34.8 Å². The molecule has 1 aliphatic carbocycles. The minimum absolute atomic E-state index is 0.211. The van der Waals surface area contributed by atoms with Crippen LogP contribution in [0.1, 0.15) is 23.2 Å². The molecule has 0 amide bonds. The SMILES string of the molecule is Cc1c(F)ccc2c(N)c3c(nc12)CCC3. The lowest BCUT2D eigenvalue weighted by atomic mass is 10.0. The first-order chi connectivity index (χ1) is 7.68. The monoisotopic (exact) mass is 216 g/mol. The normalized spacial score (nSPS) is 14.4. The van der Waals surface area contributed by atoms with E-state index in [9.17, 15) is 4.39 Å². The van der Waals surface area contributed by atoms with E-state index in [4.69, 9.17) is 5.73 Å². The van der Waals surface area contributed by atoms with E-state index >= 15 is 0 Å². The zero-order valence-electron chi connectivity index (χ0n) is 9.18. The topological polar surface area (TPSA) is 38.9 Å². The van der Waals surface area contributed by atoms with Crippen LogP contribution in [-0.4, -0.2) is 4.98 Å². The van der Waals surface area contributed by atoms with Gasteiger partial charge in [0.25, 0.3) is 0 Å². The minimum Gasteiger partial charge on any atom is -0.398 e. The molecule has 1 aromatic carbocycles. The number of aromatic nitrogens is 1. The lowest BCUT2D eigenvalue weighted by molar-refractivity contribution is 0.620. The highest BCUT2D eigenvalue weighted by Crippen LogP contribution is 2.33. The average molecular weight is 216 g/mol. The fourth-order valence-corrected chi connectivity index (χ4v) is 2.48. The highest BCUT2D eigenvalue weighted by molar-refractivity contribution is 5.94. The molecule has 2 aromatic rings. The van der Waals surface area contributed by atoms with Crippen LogP contribution < -0.4 is 5.73 Å². The number of hydrogen-bond donors (Lipinski definition) is 1. The molecule has 16 heavy (non-hydrogen) atoms. The van der Waals surface area contributed by atoms with Crippen molar-refractivity contribution in [1.29, 1.82) is 0 Å². The molecule has 1 aromatic heterocycles. The summed E-state index contributed by atoms with van der Waals surface area (Å²) in [7, 11) is 0. The molecule has 1 heterocycles. The summed E-state index contributed by atoms with van der Waals surface area (Å²) in [6.45, 7) is 1.76. The van der Waals surface area contributed by atoms with Gasteiger partial charge in [-0.05, 0) is 43.9 Å². The first kappa shape index (κ1) is 9.58. The number of rotatable bonds is 0. The van der Waals surface area contributed by atoms with Crippen molar-refractivity contribution in [2.75, 3.05) is 5.73 Å². The number of nitrogen functional groups attached to an aromatic ring is 1. The molecule has 82 valence electrons. The molecule has 0 aliphatic heterocycles. The maximum atomic E-state index is 13.5. The van der Waals surface area contributed by atoms with E-state index in [1.165, 1.54) is 11.6 Å². The van der Waals surface area contributed by atoms with Gasteiger partial charge >= 0.3 is 0 Å². The van der Waals surface area contributed by atoms with Crippen LogP contribution in [0, 0.1) is 12.7 Å². The van der Waals surface area contributed by atoms with Crippen LogP contribution in [0.3, 0.4) is 0 Å². The lowest BCUT2D eigenvalue weighted by Crippen LogP contribution is -2.00. The summed E-state index contributed by atoms with van der Waals surface area (Å²) >= 11 is 0. The van der Waals surface area contributed by atoms with Gasteiger partial charge in [-0.25, -0.2) is 4.39 Å². The van der Waals surface area contributed by atoms with Gasteiger partial charge in [0.05, 0.1) is 5.52 Å². The average Bonchev–Trinajstić information content (AvgIpc) is 2.73. The first-order valence-electron chi connectivity index (χ1n) is 5.54. The Morgan fingerprint density at radius 3 is 2.94 bits per heavy atom. The molecule has 0 spiro atoms. The van der Waals surface area contributed by atoms with Crippen LogP contribution in [0.25, 0.3) is 10.9 Å². The molecular formula is C13H13FN2. The second-order valence-corrected chi connectivity index (χ2v) is 4.37. The molecule has 3 heteroatoms. The highest BCUT2D eigenvalue weighted by atomic mass is 19.1. The maximum Gasteiger partial charge on any atom is 0.128 e. The number of benzene rings is 1. The van der Waals surface area contributed by atoms with Crippen molar-refractivity contribution >= 4 is 16.6 Å². The Balaban J connectivity index is 2.46. The third-order valence-electron chi connectivity index (χ3n) is 3.42. The molecule has 0 saturated heterocycles. The van der Waals surface area contributed by atoms with E-state index in [-0.39, 0.29) is 5.82 Å². The van der Waals surface area contributed by atoms with Crippen LogP contribution in [0.5, 0.6) is 0 Å². The lowest BCUT2D eigenvalue weighted by Gasteiger charge is -2.10. The standard InChI is InChI=1S/C13H13FN2/c1-7-10(14)6-5-9-12(15)8-3-2-4-11(8)16-13(7)9/h5-6H,2-4H2,1H3,(H2,15,16). The second kappa shape index (κ2) is 3.17. The van der Waals surface area contributed by atoms with Gasteiger partial charge in [-0.15, -0.1) is 0 Å². The summed E-state index contributed by atoms with van der Waals surface area (Å²) in [6.07, 6.45) is 3.07. The van der Waals surface area contributed by atoms with Crippen molar-refractivity contribution < 1.29 is 4.39 Å². The Labute approximate surface area is 93.3 Å². The van der Waals surface area contributed by atoms with Gasteiger partial charge in [0.2, 0.25) is 0 Å². The molecule has 0 fully saturated rings. The Bertz CT molecular complexity index is 590. The summed E-state index contributed by atoms with van der Waals surface area (Å²) < 4.78 is 13.5. The Morgan fingerprint density at radius 1 is 1.31 bits per heavy atom. The fraction of sp³-hybridized carbons (Fsp3) is 0.308. The molecular weight excluding hydrogens is 203 g/mol. The van der Waals surface area contributed by atoms with E-state index in [2.05, 4.69) is 4.98 Å². The molecule has 0 unspecified atom stereocenters. The molecule has 1 aliphatic rings. The quantitative estimate of drug-likeness (QED) is 0.735. The first-order valence-corrected chi connectivity index (χ1v) is 5.54. The van der Waals surface area contributed by atoms with E-state index in [1.54, 1.807) is 13.0 Å². The maximum absolute atomic E-state index is 13.5. The van der Waals surface area contributed by atoms with Gasteiger partial charge in [0, 0.05) is 22.3 Å². The summed E-state index contributed by atoms with van der Waals surface area (Å²) in [4.78, 5) is 4.56. The molecule has 0 radical (unpaired) electrons. The van der Waals surface area contributed by atoms with Crippen LogP contribution in [0.2, 0.25) is 0 Å². The van der Waals surface area contributed by atoms with Gasteiger partial charge in [-0.2, -0.15) is 0 Å². The largest absolute Gasteiger partial charge is 0.398 e. The molecule has 0 bridgehead atoms. The van der Waals surface area contributed by atoms with Gasteiger partial charge in [0.15, 0.2) is 0 Å². The predicted molar refractivity (Wildman–Crippen MR) is 62.9 cm³/mol. The smallest absolute Gasteiger partial charge is 0.128 e. The molecule has 2 nitrogen and oxygen atoms in total. The minimum atomic E-state index is -0.211. The fourth-order valence-electron chi connectivity index (χ4n) is 2.48. The zero-order chi connectivity index (χ0) is 11.3. The number of anilines is 1. The van der Waals surface area contributed by atoms with Crippen molar-refractivity contribution in [1.82, 2.24) is 4.98 Å². The molecule has 0 atom stereocenters. The van der Waals surface area contributed by atoms with Crippen molar-refractivity contribution in [3.8, 4) is 0 Å². The van der Waals surface area contributed by atoms with Crippen LogP contribution in [-0.2, 0) is 12.8 Å². The van der Waals surface area contributed by atoms with E-state index in [0.29, 0.717) is 5.56 Å². The van der Waals surface area contributed by atoms with Crippen molar-refractivity contribution in [2.45, 2.75) is 26.2 Å². The van der Waals surface area contributed by atoms with Gasteiger partial charge in [0.1, 0.15) is 5.82 Å². The van der Waals surface area contributed by atoms with Crippen LogP contribution in [0.4, 0.5) is 10.1 Å². The van der Waals surface area contributed by atoms with Gasteiger partial charge < -0.3 is 5.73 Å². The van der Waals surface area contributed by atoms with Crippen molar-refractivity contribution in [2.24, 2.45) is 0 Å². The number of halogens is 1. The third kappa shape index (κ3) is 1.14. The molecule has 3 rings (SSSR count). The predicted octanol–water partition coefficient (Wildman–Crippen LogP) is 2.75. The van der Waals surface area contributed by atoms with Crippen LogP contribution >= 0.6 is 0 Å². The third-order valence-corrected chi connectivity index (χ3v) is 3.42. The number of nitrogens with zero attached hydrogens (tertiary/aromatic N) is 1. The molecule has 0 saturated carbocycles. The number of nitrogens with two attached hydrogens (primary N) is 1. The van der Waals surface area contributed by atoms with Crippen LogP contribution in [0.15, 0.2) is 12.1 Å². The summed E-state index contributed by atoms with van der Waals surface area (Å²) in [5, 5.41) is 0.888. The number of pyridine rings is 1. The van der Waals surface area contributed by atoms with E-state index in [1.807, 2.05) is 0 Å². The summed E-state index contributed by atoms with van der Waals surface area (Å²) in [6, 6.07) is 3.20. The highest BCUT2D eigenvalue weighted by Gasteiger charge is 2.19. The number of hydrogen-bond acceptors (Lipinski definition) is 2.